The molecule has 1 aromatic heterocycles. The van der Waals surface area contributed by atoms with Crippen molar-refractivity contribution in [2.24, 2.45) is 0 Å². The number of nitrogens with one attached hydrogen (secondary N) is 1. The molecular formula is C14H15BrN2S2. The van der Waals surface area contributed by atoms with Crippen LogP contribution in [0.25, 0.3) is 0 Å². The standard InChI is InChI=1S/C14H15BrN2S2/c1-3-12-9(2)14(18)17-13(16-12)8-19-11-6-4-5-10(15)7-11/h4-7H,3,8H2,1-2H3,(H,16,17,18). The van der Waals surface area contributed by atoms with Crippen LogP contribution >= 0.6 is 39.9 Å². The van der Waals surface area contributed by atoms with Crippen LogP contribution in [0.5, 0.6) is 0 Å². The summed E-state index contributed by atoms with van der Waals surface area (Å²) < 4.78 is 1.80. The number of nitrogens with zero attached hydrogens (tertiary/aromatic N) is 1. The number of halogens is 1. The van der Waals surface area contributed by atoms with Crippen molar-refractivity contribution in [2.45, 2.75) is 30.9 Å². The van der Waals surface area contributed by atoms with Crippen molar-refractivity contribution in [1.29, 1.82) is 0 Å². The van der Waals surface area contributed by atoms with E-state index in [-0.39, 0.29) is 0 Å². The van der Waals surface area contributed by atoms with E-state index in [9.17, 15) is 0 Å². The summed E-state index contributed by atoms with van der Waals surface area (Å²) in [7, 11) is 0. The Balaban J connectivity index is 2.16. The van der Waals surface area contributed by atoms with Gasteiger partial charge in [-0.3, -0.25) is 0 Å². The molecule has 0 fully saturated rings. The number of thioether (sulfide) groups is 1. The first-order valence-electron chi connectivity index (χ1n) is 6.07. The minimum atomic E-state index is 0.709. The summed E-state index contributed by atoms with van der Waals surface area (Å²) in [5, 5.41) is 0. The molecule has 2 aromatic rings. The van der Waals surface area contributed by atoms with E-state index >= 15 is 0 Å². The molecule has 0 bridgehead atoms. The van der Waals surface area contributed by atoms with Gasteiger partial charge in [0.1, 0.15) is 10.5 Å². The highest BCUT2D eigenvalue weighted by atomic mass is 79.9. The van der Waals surface area contributed by atoms with E-state index < -0.39 is 0 Å². The first-order valence-corrected chi connectivity index (χ1v) is 8.26. The summed E-state index contributed by atoms with van der Waals surface area (Å²) in [6.07, 6.45) is 0.951. The normalized spacial score (nSPS) is 10.7. The molecule has 1 N–H and O–H groups in total. The van der Waals surface area contributed by atoms with E-state index in [0.29, 0.717) is 4.64 Å². The van der Waals surface area contributed by atoms with E-state index in [1.165, 1.54) is 10.6 Å². The van der Waals surface area contributed by atoms with Crippen LogP contribution < -0.4 is 0 Å². The Kier molecular flexibility index (Phi) is 5.19. The number of H-pyrrole nitrogens is 1. The molecule has 0 radical (unpaired) electrons. The van der Waals surface area contributed by atoms with Gasteiger partial charge in [-0.1, -0.05) is 41.1 Å². The highest BCUT2D eigenvalue weighted by Crippen LogP contribution is 2.24. The van der Waals surface area contributed by atoms with E-state index in [4.69, 9.17) is 12.2 Å². The van der Waals surface area contributed by atoms with Gasteiger partial charge in [-0.25, -0.2) is 4.98 Å². The molecule has 100 valence electrons. The average molecular weight is 355 g/mol. The maximum absolute atomic E-state index is 5.30. The summed E-state index contributed by atoms with van der Waals surface area (Å²) in [4.78, 5) is 9.04. The first kappa shape index (κ1) is 14.8. The first-order chi connectivity index (χ1) is 9.10. The summed E-state index contributed by atoms with van der Waals surface area (Å²) in [6, 6.07) is 8.26. The molecule has 0 saturated heterocycles. The summed E-state index contributed by atoms with van der Waals surface area (Å²) in [6.45, 7) is 4.15. The third-order valence-electron chi connectivity index (χ3n) is 2.83. The number of hydrogen-bond acceptors (Lipinski definition) is 3. The second-order valence-corrected chi connectivity index (χ2v) is 6.54. The molecule has 0 amide bonds. The Morgan fingerprint density at radius 2 is 2.21 bits per heavy atom. The molecule has 5 heteroatoms. The fourth-order valence-corrected chi connectivity index (χ4v) is 3.37. The Morgan fingerprint density at radius 3 is 2.89 bits per heavy atom. The van der Waals surface area contributed by atoms with Crippen LogP contribution in [-0.4, -0.2) is 9.97 Å². The fraction of sp³-hybridized carbons (Fsp3) is 0.286. The number of hydrogen-bond donors (Lipinski definition) is 1. The Morgan fingerprint density at radius 1 is 1.42 bits per heavy atom. The number of benzene rings is 1. The van der Waals surface area contributed by atoms with Crippen molar-refractivity contribution in [3.8, 4) is 0 Å². The van der Waals surface area contributed by atoms with E-state index in [1.807, 2.05) is 19.1 Å². The van der Waals surface area contributed by atoms with Crippen molar-refractivity contribution in [1.82, 2.24) is 9.97 Å². The molecule has 0 aliphatic heterocycles. The van der Waals surface area contributed by atoms with Gasteiger partial charge in [0.2, 0.25) is 0 Å². The molecule has 2 nitrogen and oxygen atoms in total. The zero-order valence-corrected chi connectivity index (χ0v) is 14.1. The molecule has 0 aliphatic rings. The number of aromatic nitrogens is 2. The Hall–Kier alpha value is -0.650. The summed E-state index contributed by atoms with van der Waals surface area (Å²) >= 11 is 10.5. The minimum Gasteiger partial charge on any atom is -0.346 e. The van der Waals surface area contributed by atoms with Crippen molar-refractivity contribution in [3.63, 3.8) is 0 Å². The smallest absolute Gasteiger partial charge is 0.132 e. The van der Waals surface area contributed by atoms with Crippen LogP contribution in [0.15, 0.2) is 33.6 Å². The molecule has 1 heterocycles. The molecular weight excluding hydrogens is 340 g/mol. The topological polar surface area (TPSA) is 28.7 Å². The van der Waals surface area contributed by atoms with Gasteiger partial charge in [0.25, 0.3) is 0 Å². The van der Waals surface area contributed by atoms with E-state index in [1.54, 1.807) is 11.8 Å². The largest absolute Gasteiger partial charge is 0.346 e. The lowest BCUT2D eigenvalue weighted by Gasteiger charge is -2.07. The van der Waals surface area contributed by atoms with Crippen LogP contribution in [0.4, 0.5) is 0 Å². The second kappa shape index (κ2) is 6.68. The fourth-order valence-electron chi connectivity index (χ4n) is 1.76. The van der Waals surface area contributed by atoms with Gasteiger partial charge in [-0.05, 0) is 31.5 Å². The molecule has 2 rings (SSSR count). The third-order valence-corrected chi connectivity index (χ3v) is 4.73. The monoisotopic (exact) mass is 354 g/mol. The van der Waals surface area contributed by atoms with Crippen LogP contribution in [-0.2, 0) is 12.2 Å². The molecule has 0 atom stereocenters. The lowest BCUT2D eigenvalue weighted by molar-refractivity contribution is 0.910. The number of aryl methyl sites for hydroxylation is 1. The van der Waals surface area contributed by atoms with Gasteiger partial charge in [0.15, 0.2) is 0 Å². The predicted molar refractivity (Wildman–Crippen MR) is 87.2 cm³/mol. The quantitative estimate of drug-likeness (QED) is 0.614. The SMILES string of the molecule is CCc1[nH]c(CSc2cccc(Br)c2)nc(=S)c1C. The maximum Gasteiger partial charge on any atom is 0.132 e. The summed E-state index contributed by atoms with van der Waals surface area (Å²) in [5.41, 5.74) is 2.28. The highest BCUT2D eigenvalue weighted by Gasteiger charge is 2.04. The number of aromatic amines is 1. The zero-order chi connectivity index (χ0) is 13.8. The van der Waals surface area contributed by atoms with Crippen molar-refractivity contribution in [3.05, 3.63) is 50.5 Å². The van der Waals surface area contributed by atoms with Crippen molar-refractivity contribution >= 4 is 39.9 Å². The zero-order valence-electron chi connectivity index (χ0n) is 10.9. The predicted octanol–water partition coefficient (Wildman–Crippen LogP) is 5.06. The highest BCUT2D eigenvalue weighted by molar-refractivity contribution is 9.10. The molecule has 19 heavy (non-hydrogen) atoms. The van der Waals surface area contributed by atoms with Crippen molar-refractivity contribution in [2.75, 3.05) is 0 Å². The Bertz CT molecular complexity index is 638. The minimum absolute atomic E-state index is 0.709. The van der Waals surface area contributed by atoms with Gasteiger partial charge in [-0.15, -0.1) is 11.8 Å². The van der Waals surface area contributed by atoms with E-state index in [2.05, 4.69) is 45.0 Å². The van der Waals surface area contributed by atoms with E-state index in [0.717, 1.165) is 28.0 Å². The third kappa shape index (κ3) is 3.91. The van der Waals surface area contributed by atoms with Gasteiger partial charge in [-0.2, -0.15) is 0 Å². The Labute approximate surface area is 131 Å². The lowest BCUT2D eigenvalue weighted by Crippen LogP contribution is -2.01. The molecule has 0 spiro atoms. The van der Waals surface area contributed by atoms with Crippen LogP contribution in [0, 0.1) is 11.6 Å². The summed E-state index contributed by atoms with van der Waals surface area (Å²) in [5.74, 6) is 1.74. The van der Waals surface area contributed by atoms with Crippen LogP contribution in [0.3, 0.4) is 0 Å². The van der Waals surface area contributed by atoms with Gasteiger partial charge in [0, 0.05) is 20.6 Å². The van der Waals surface area contributed by atoms with Crippen LogP contribution in [0.2, 0.25) is 0 Å². The van der Waals surface area contributed by atoms with Gasteiger partial charge < -0.3 is 4.98 Å². The maximum atomic E-state index is 5.30. The molecule has 1 aromatic carbocycles. The van der Waals surface area contributed by atoms with Gasteiger partial charge >= 0.3 is 0 Å². The second-order valence-electron chi connectivity index (χ2n) is 4.19. The molecule has 0 aliphatic carbocycles. The average Bonchev–Trinajstić information content (AvgIpc) is 2.40. The van der Waals surface area contributed by atoms with Gasteiger partial charge in [0.05, 0.1) is 5.75 Å². The van der Waals surface area contributed by atoms with Crippen molar-refractivity contribution < 1.29 is 0 Å². The number of rotatable bonds is 4. The molecule has 0 saturated carbocycles. The van der Waals surface area contributed by atoms with Crippen LogP contribution in [0.1, 0.15) is 24.0 Å². The lowest BCUT2D eigenvalue weighted by atomic mass is 10.2. The molecule has 0 unspecified atom stereocenters.